The van der Waals surface area contributed by atoms with Gasteiger partial charge in [-0.05, 0) is 23.8 Å². The third kappa shape index (κ3) is 4.09. The van der Waals surface area contributed by atoms with Crippen LogP contribution in [0.25, 0.3) is 0 Å². The first-order valence-electron chi connectivity index (χ1n) is 5.44. The van der Waals surface area contributed by atoms with E-state index in [-0.39, 0.29) is 24.0 Å². The molecule has 4 heteroatoms. The molecular formula is C14H14ClF2N. The van der Waals surface area contributed by atoms with Crippen molar-refractivity contribution in [3.63, 3.8) is 0 Å². The van der Waals surface area contributed by atoms with Gasteiger partial charge in [0, 0.05) is 18.7 Å². The molecule has 2 rings (SSSR count). The van der Waals surface area contributed by atoms with Crippen molar-refractivity contribution in [3.05, 3.63) is 71.3 Å². The van der Waals surface area contributed by atoms with Crippen LogP contribution in [0.2, 0.25) is 0 Å². The number of nitrogens with one attached hydrogen (secondary N) is 1. The minimum Gasteiger partial charge on any atom is -0.309 e. The lowest BCUT2D eigenvalue weighted by atomic mass is 10.2. The van der Waals surface area contributed by atoms with E-state index in [0.717, 1.165) is 5.56 Å². The van der Waals surface area contributed by atoms with Gasteiger partial charge in [-0.25, -0.2) is 8.78 Å². The SMILES string of the molecule is Cl.Fc1ccc(CNCc2ccccc2F)cc1. The Balaban J connectivity index is 0.00000162. The molecule has 0 atom stereocenters. The third-order valence-electron chi connectivity index (χ3n) is 2.52. The molecule has 0 spiro atoms. The Hall–Kier alpha value is -1.45. The fourth-order valence-corrected chi connectivity index (χ4v) is 1.59. The number of hydrogen-bond acceptors (Lipinski definition) is 1. The summed E-state index contributed by atoms with van der Waals surface area (Å²) in [5, 5.41) is 3.12. The van der Waals surface area contributed by atoms with E-state index in [0.29, 0.717) is 18.7 Å². The Morgan fingerprint density at radius 2 is 1.50 bits per heavy atom. The zero-order chi connectivity index (χ0) is 12.1. The summed E-state index contributed by atoms with van der Waals surface area (Å²) in [7, 11) is 0. The van der Waals surface area contributed by atoms with Crippen LogP contribution in [0.15, 0.2) is 48.5 Å². The van der Waals surface area contributed by atoms with Gasteiger partial charge in [0.1, 0.15) is 11.6 Å². The second-order valence-electron chi connectivity index (χ2n) is 3.82. The molecule has 1 N–H and O–H groups in total. The van der Waals surface area contributed by atoms with Gasteiger partial charge >= 0.3 is 0 Å². The van der Waals surface area contributed by atoms with E-state index in [1.54, 1.807) is 30.3 Å². The van der Waals surface area contributed by atoms with Crippen LogP contribution < -0.4 is 5.32 Å². The highest BCUT2D eigenvalue weighted by atomic mass is 35.5. The highest BCUT2D eigenvalue weighted by molar-refractivity contribution is 5.85. The molecule has 96 valence electrons. The number of rotatable bonds is 4. The number of halogens is 3. The zero-order valence-corrected chi connectivity index (χ0v) is 10.5. The summed E-state index contributed by atoms with van der Waals surface area (Å²) in [4.78, 5) is 0. The number of benzene rings is 2. The average molecular weight is 270 g/mol. The van der Waals surface area contributed by atoms with Crippen LogP contribution in [-0.4, -0.2) is 0 Å². The molecule has 0 fully saturated rings. The van der Waals surface area contributed by atoms with E-state index < -0.39 is 0 Å². The first-order chi connectivity index (χ1) is 8.25. The standard InChI is InChI=1S/C14H13F2N.ClH/c15-13-7-5-11(6-8-13)9-17-10-12-3-1-2-4-14(12)16;/h1-8,17H,9-10H2;1H. The van der Waals surface area contributed by atoms with Crippen LogP contribution in [0, 0.1) is 11.6 Å². The first-order valence-corrected chi connectivity index (χ1v) is 5.44. The van der Waals surface area contributed by atoms with Gasteiger partial charge in [0.2, 0.25) is 0 Å². The van der Waals surface area contributed by atoms with Gasteiger partial charge in [0.15, 0.2) is 0 Å². The average Bonchev–Trinajstić information content (AvgIpc) is 2.34. The highest BCUT2D eigenvalue weighted by Crippen LogP contribution is 2.07. The summed E-state index contributed by atoms with van der Waals surface area (Å²) in [5.41, 5.74) is 1.61. The molecule has 0 aliphatic rings. The fraction of sp³-hybridized carbons (Fsp3) is 0.143. The molecule has 1 nitrogen and oxygen atoms in total. The molecule has 0 radical (unpaired) electrons. The third-order valence-corrected chi connectivity index (χ3v) is 2.52. The molecule has 2 aromatic rings. The summed E-state index contributed by atoms with van der Waals surface area (Å²) in [5.74, 6) is -0.457. The molecule has 2 aromatic carbocycles. The van der Waals surface area contributed by atoms with Crippen LogP contribution in [0.5, 0.6) is 0 Å². The zero-order valence-electron chi connectivity index (χ0n) is 9.70. The molecular weight excluding hydrogens is 256 g/mol. The van der Waals surface area contributed by atoms with E-state index in [2.05, 4.69) is 5.32 Å². The lowest BCUT2D eigenvalue weighted by Gasteiger charge is -2.06. The minimum absolute atomic E-state index is 0. The summed E-state index contributed by atoms with van der Waals surface area (Å²) in [6, 6.07) is 12.9. The van der Waals surface area contributed by atoms with Crippen LogP contribution >= 0.6 is 12.4 Å². The molecule has 0 saturated carbocycles. The maximum absolute atomic E-state index is 13.3. The Bertz CT molecular complexity index is 485. The molecule has 0 aliphatic carbocycles. The quantitative estimate of drug-likeness (QED) is 0.893. The van der Waals surface area contributed by atoms with E-state index in [1.807, 2.05) is 0 Å². The second-order valence-corrected chi connectivity index (χ2v) is 3.82. The van der Waals surface area contributed by atoms with Crippen molar-refractivity contribution >= 4 is 12.4 Å². The summed E-state index contributed by atoms with van der Waals surface area (Å²) >= 11 is 0. The molecule has 0 heterocycles. The predicted molar refractivity (Wildman–Crippen MR) is 70.6 cm³/mol. The van der Waals surface area contributed by atoms with Gasteiger partial charge in [-0.3, -0.25) is 0 Å². The van der Waals surface area contributed by atoms with Gasteiger partial charge in [-0.2, -0.15) is 0 Å². The van der Waals surface area contributed by atoms with Gasteiger partial charge in [0.05, 0.1) is 0 Å². The lowest BCUT2D eigenvalue weighted by Crippen LogP contribution is -2.13. The molecule has 18 heavy (non-hydrogen) atoms. The van der Waals surface area contributed by atoms with E-state index in [9.17, 15) is 8.78 Å². The molecule has 0 unspecified atom stereocenters. The van der Waals surface area contributed by atoms with Gasteiger partial charge < -0.3 is 5.32 Å². The second kappa shape index (κ2) is 7.09. The van der Waals surface area contributed by atoms with Gasteiger partial charge in [-0.1, -0.05) is 30.3 Å². The molecule has 0 amide bonds. The van der Waals surface area contributed by atoms with E-state index in [1.165, 1.54) is 18.2 Å². The monoisotopic (exact) mass is 269 g/mol. The van der Waals surface area contributed by atoms with Gasteiger partial charge in [-0.15, -0.1) is 12.4 Å². The van der Waals surface area contributed by atoms with Crippen LogP contribution in [0.1, 0.15) is 11.1 Å². The smallest absolute Gasteiger partial charge is 0.127 e. The van der Waals surface area contributed by atoms with Crippen LogP contribution in [0.4, 0.5) is 8.78 Å². The molecule has 0 aromatic heterocycles. The summed E-state index contributed by atoms with van der Waals surface area (Å²) in [6.07, 6.45) is 0. The Labute approximate surface area is 111 Å². The maximum Gasteiger partial charge on any atom is 0.127 e. The van der Waals surface area contributed by atoms with Gasteiger partial charge in [0.25, 0.3) is 0 Å². The minimum atomic E-state index is -0.247. The van der Waals surface area contributed by atoms with Crippen LogP contribution in [0.3, 0.4) is 0 Å². The molecule has 0 bridgehead atoms. The fourth-order valence-electron chi connectivity index (χ4n) is 1.59. The van der Waals surface area contributed by atoms with Crippen molar-refractivity contribution in [2.75, 3.05) is 0 Å². The Morgan fingerprint density at radius 3 is 2.17 bits per heavy atom. The first kappa shape index (κ1) is 14.6. The van der Waals surface area contributed by atoms with Crippen molar-refractivity contribution in [2.24, 2.45) is 0 Å². The summed E-state index contributed by atoms with van der Waals surface area (Å²) in [6.45, 7) is 1.05. The topological polar surface area (TPSA) is 12.0 Å². The molecule has 0 aliphatic heterocycles. The van der Waals surface area contributed by atoms with E-state index >= 15 is 0 Å². The van der Waals surface area contributed by atoms with Crippen molar-refractivity contribution in [1.82, 2.24) is 5.32 Å². The Kier molecular flexibility index (Phi) is 5.75. The normalized spacial score (nSPS) is 9.89. The van der Waals surface area contributed by atoms with Crippen molar-refractivity contribution in [1.29, 1.82) is 0 Å². The molecule has 0 saturated heterocycles. The van der Waals surface area contributed by atoms with E-state index in [4.69, 9.17) is 0 Å². The Morgan fingerprint density at radius 1 is 0.833 bits per heavy atom. The van der Waals surface area contributed by atoms with Crippen molar-refractivity contribution < 1.29 is 8.78 Å². The van der Waals surface area contributed by atoms with Crippen molar-refractivity contribution in [3.8, 4) is 0 Å². The summed E-state index contributed by atoms with van der Waals surface area (Å²) < 4.78 is 25.9. The predicted octanol–water partition coefficient (Wildman–Crippen LogP) is 3.68. The highest BCUT2D eigenvalue weighted by Gasteiger charge is 1.99. The van der Waals surface area contributed by atoms with Crippen molar-refractivity contribution in [2.45, 2.75) is 13.1 Å². The lowest BCUT2D eigenvalue weighted by molar-refractivity contribution is 0.587. The maximum atomic E-state index is 13.3. The largest absolute Gasteiger partial charge is 0.309 e. The van der Waals surface area contributed by atoms with Crippen LogP contribution in [-0.2, 0) is 13.1 Å². The number of hydrogen-bond donors (Lipinski definition) is 1.